The molecule has 2 fully saturated rings. The molecule has 0 spiro atoms. The fraction of sp³-hybridized carbons (Fsp3) is 0.611. The van der Waals surface area contributed by atoms with E-state index in [9.17, 15) is 4.79 Å². The summed E-state index contributed by atoms with van der Waals surface area (Å²) < 4.78 is 0. The van der Waals surface area contributed by atoms with Crippen LogP contribution in [0.5, 0.6) is 0 Å². The van der Waals surface area contributed by atoms with Gasteiger partial charge in [-0.05, 0) is 51.2 Å². The molecule has 0 aliphatic carbocycles. The van der Waals surface area contributed by atoms with Gasteiger partial charge in [0.05, 0.1) is 5.75 Å². The number of fused-ring (bicyclic) bond motifs is 2. The van der Waals surface area contributed by atoms with Crippen LogP contribution >= 0.6 is 11.8 Å². The molecule has 2 heterocycles. The van der Waals surface area contributed by atoms with Crippen molar-refractivity contribution in [3.05, 3.63) is 29.3 Å². The third-order valence-corrected chi connectivity index (χ3v) is 6.23. The molecule has 0 radical (unpaired) electrons. The van der Waals surface area contributed by atoms with Crippen LogP contribution in [-0.2, 0) is 4.79 Å². The van der Waals surface area contributed by atoms with Crippen LogP contribution in [0.2, 0.25) is 0 Å². The number of hydrogen-bond donors (Lipinski definition) is 1. The van der Waals surface area contributed by atoms with Crippen molar-refractivity contribution < 1.29 is 4.79 Å². The number of nitrogens with zero attached hydrogens (tertiary/aromatic N) is 1. The maximum Gasteiger partial charge on any atom is 0.232 e. The van der Waals surface area contributed by atoms with Gasteiger partial charge in [0.15, 0.2) is 0 Å². The third kappa shape index (κ3) is 3.49. The van der Waals surface area contributed by atoms with E-state index in [4.69, 9.17) is 0 Å². The first-order chi connectivity index (χ1) is 10.5. The summed E-state index contributed by atoms with van der Waals surface area (Å²) in [5.41, 5.74) is 2.51. The zero-order chi connectivity index (χ0) is 15.7. The number of carbonyl (C=O) groups excluding carboxylic acids is 1. The molecule has 1 aromatic rings. The minimum absolute atomic E-state index is 0.261. The highest BCUT2D eigenvalue weighted by atomic mass is 32.2. The van der Waals surface area contributed by atoms with Crippen LogP contribution in [0.3, 0.4) is 0 Å². The van der Waals surface area contributed by atoms with Crippen LogP contribution in [0.15, 0.2) is 23.1 Å². The van der Waals surface area contributed by atoms with Crippen molar-refractivity contribution in [2.75, 3.05) is 12.8 Å². The third-order valence-electron chi connectivity index (χ3n) is 5.08. The Hall–Kier alpha value is -1.00. The number of nitrogens with one attached hydrogen (secondary N) is 1. The maximum atomic E-state index is 12.5. The minimum Gasteiger partial charge on any atom is -0.342 e. The Labute approximate surface area is 137 Å². The van der Waals surface area contributed by atoms with Crippen molar-refractivity contribution in [3.8, 4) is 0 Å². The predicted octanol–water partition coefficient (Wildman–Crippen LogP) is 3.14. The fourth-order valence-corrected chi connectivity index (χ4v) is 4.70. The van der Waals surface area contributed by atoms with Gasteiger partial charge in [0.2, 0.25) is 5.91 Å². The molecule has 1 amide bonds. The van der Waals surface area contributed by atoms with Crippen LogP contribution in [0, 0.1) is 13.8 Å². The summed E-state index contributed by atoms with van der Waals surface area (Å²) >= 11 is 1.67. The highest BCUT2D eigenvalue weighted by Gasteiger charge is 2.36. The number of thioether (sulfide) groups is 1. The van der Waals surface area contributed by atoms with E-state index >= 15 is 0 Å². The largest absolute Gasteiger partial charge is 0.342 e. The second kappa shape index (κ2) is 6.63. The summed E-state index contributed by atoms with van der Waals surface area (Å²) in [7, 11) is 1.99. The van der Waals surface area contributed by atoms with Crippen molar-refractivity contribution in [3.63, 3.8) is 0 Å². The van der Waals surface area contributed by atoms with Crippen molar-refractivity contribution >= 4 is 17.7 Å². The Bertz CT molecular complexity index is 548. The highest BCUT2D eigenvalue weighted by molar-refractivity contribution is 8.00. The molecular formula is C18H26N2OS. The Kier molecular flexibility index (Phi) is 4.79. The number of rotatable bonds is 4. The monoisotopic (exact) mass is 318 g/mol. The summed E-state index contributed by atoms with van der Waals surface area (Å²) in [6.45, 7) is 4.21. The van der Waals surface area contributed by atoms with Crippen molar-refractivity contribution in [2.24, 2.45) is 0 Å². The zero-order valence-electron chi connectivity index (χ0n) is 13.8. The van der Waals surface area contributed by atoms with E-state index in [1.54, 1.807) is 11.8 Å². The van der Waals surface area contributed by atoms with Crippen LogP contribution < -0.4 is 5.32 Å². The Morgan fingerprint density at radius 1 is 1.27 bits per heavy atom. The van der Waals surface area contributed by atoms with E-state index in [-0.39, 0.29) is 5.91 Å². The number of carbonyl (C=O) groups is 1. The van der Waals surface area contributed by atoms with Crippen LogP contribution in [0.25, 0.3) is 0 Å². The topological polar surface area (TPSA) is 32.3 Å². The van der Waals surface area contributed by atoms with E-state index in [1.165, 1.54) is 28.9 Å². The molecule has 3 rings (SSSR count). The molecule has 2 saturated heterocycles. The molecule has 1 aromatic carbocycles. The SMILES string of the molecule is Cc1ccc(C)c(SCC(=O)N(C)C2CC3CCC(C2)N3)c1. The lowest BCUT2D eigenvalue weighted by atomic mass is 9.98. The molecule has 4 heteroatoms. The lowest BCUT2D eigenvalue weighted by molar-refractivity contribution is -0.129. The number of aryl methyl sites for hydroxylation is 2. The minimum atomic E-state index is 0.261. The van der Waals surface area contributed by atoms with E-state index in [0.717, 1.165) is 12.8 Å². The number of benzene rings is 1. The van der Waals surface area contributed by atoms with Crippen LogP contribution in [0.4, 0.5) is 0 Å². The number of piperidine rings is 1. The van der Waals surface area contributed by atoms with Gasteiger partial charge in [0.25, 0.3) is 0 Å². The van der Waals surface area contributed by atoms with Gasteiger partial charge in [-0.25, -0.2) is 0 Å². The van der Waals surface area contributed by atoms with Crippen molar-refractivity contribution in [2.45, 2.75) is 62.6 Å². The Morgan fingerprint density at radius 2 is 1.95 bits per heavy atom. The molecule has 2 unspecified atom stereocenters. The van der Waals surface area contributed by atoms with E-state index in [0.29, 0.717) is 23.9 Å². The van der Waals surface area contributed by atoms with Crippen LogP contribution in [0.1, 0.15) is 36.8 Å². The second-order valence-corrected chi connectivity index (χ2v) is 7.84. The van der Waals surface area contributed by atoms with Gasteiger partial charge >= 0.3 is 0 Å². The van der Waals surface area contributed by atoms with Gasteiger partial charge in [0.1, 0.15) is 0 Å². The van der Waals surface area contributed by atoms with Gasteiger partial charge < -0.3 is 10.2 Å². The van der Waals surface area contributed by atoms with Crippen LogP contribution in [-0.4, -0.2) is 41.7 Å². The van der Waals surface area contributed by atoms with Gasteiger partial charge in [-0.15, -0.1) is 11.8 Å². The molecule has 2 aliphatic heterocycles. The molecule has 0 saturated carbocycles. The average Bonchev–Trinajstić information content (AvgIpc) is 2.85. The summed E-state index contributed by atoms with van der Waals surface area (Å²) in [5.74, 6) is 0.803. The molecule has 3 nitrogen and oxygen atoms in total. The first-order valence-corrected chi connectivity index (χ1v) is 9.23. The standard InChI is InChI=1S/C18H26N2OS/c1-12-4-5-13(2)17(8-12)22-11-18(21)20(3)16-9-14-6-7-15(10-16)19-14/h4-5,8,14-16,19H,6-7,9-11H2,1-3H3. The normalized spacial score (nSPS) is 27.0. The van der Waals surface area contributed by atoms with E-state index in [1.807, 2.05) is 11.9 Å². The number of amides is 1. The lowest BCUT2D eigenvalue weighted by Crippen LogP contribution is -2.49. The quantitative estimate of drug-likeness (QED) is 0.866. The predicted molar refractivity (Wildman–Crippen MR) is 92.4 cm³/mol. The number of hydrogen-bond acceptors (Lipinski definition) is 3. The Morgan fingerprint density at radius 3 is 2.64 bits per heavy atom. The van der Waals surface area contributed by atoms with Crippen molar-refractivity contribution in [1.29, 1.82) is 0 Å². The zero-order valence-corrected chi connectivity index (χ0v) is 14.6. The molecule has 2 aliphatic rings. The van der Waals surface area contributed by atoms with Gasteiger partial charge in [0, 0.05) is 30.1 Å². The smallest absolute Gasteiger partial charge is 0.232 e. The fourth-order valence-electron chi connectivity index (χ4n) is 3.65. The molecule has 2 bridgehead atoms. The summed E-state index contributed by atoms with van der Waals surface area (Å²) in [6, 6.07) is 8.12. The average molecular weight is 318 g/mol. The lowest BCUT2D eigenvalue weighted by Gasteiger charge is -2.35. The molecule has 120 valence electrons. The van der Waals surface area contributed by atoms with Gasteiger partial charge in [-0.1, -0.05) is 17.7 Å². The van der Waals surface area contributed by atoms with Crippen molar-refractivity contribution in [1.82, 2.24) is 10.2 Å². The highest BCUT2D eigenvalue weighted by Crippen LogP contribution is 2.30. The van der Waals surface area contributed by atoms with Gasteiger partial charge in [-0.2, -0.15) is 0 Å². The van der Waals surface area contributed by atoms with Gasteiger partial charge in [-0.3, -0.25) is 4.79 Å². The first kappa shape index (κ1) is 15.9. The molecular weight excluding hydrogens is 292 g/mol. The van der Waals surface area contributed by atoms with E-state index in [2.05, 4.69) is 37.4 Å². The Balaban J connectivity index is 1.56. The molecule has 22 heavy (non-hydrogen) atoms. The molecule has 0 aromatic heterocycles. The maximum absolute atomic E-state index is 12.5. The molecule has 1 N–H and O–H groups in total. The summed E-state index contributed by atoms with van der Waals surface area (Å²) in [6.07, 6.45) is 4.79. The van der Waals surface area contributed by atoms with E-state index < -0.39 is 0 Å². The summed E-state index contributed by atoms with van der Waals surface area (Å²) in [5, 5.41) is 3.64. The first-order valence-electron chi connectivity index (χ1n) is 8.24. The molecule has 2 atom stereocenters. The second-order valence-electron chi connectivity index (χ2n) is 6.83. The summed E-state index contributed by atoms with van der Waals surface area (Å²) in [4.78, 5) is 15.8.